The Balaban J connectivity index is 2.01. The first-order valence-electron chi connectivity index (χ1n) is 12.2. The van der Waals surface area contributed by atoms with Gasteiger partial charge in [0.05, 0.1) is 29.0 Å². The van der Waals surface area contributed by atoms with Crippen LogP contribution in [-0.4, -0.2) is 18.0 Å². The highest BCUT2D eigenvalue weighted by Crippen LogP contribution is 2.42. The van der Waals surface area contributed by atoms with Crippen LogP contribution >= 0.6 is 11.6 Å². The maximum absolute atomic E-state index is 14.2. The van der Waals surface area contributed by atoms with Crippen molar-refractivity contribution in [1.29, 1.82) is 0 Å². The van der Waals surface area contributed by atoms with E-state index in [1.54, 1.807) is 30.3 Å². The molecule has 0 unspecified atom stereocenters. The minimum atomic E-state index is -4.75. The molecule has 0 radical (unpaired) electrons. The summed E-state index contributed by atoms with van der Waals surface area (Å²) < 4.78 is 89.6. The van der Waals surface area contributed by atoms with Crippen LogP contribution in [-0.2, 0) is 24.1 Å². The second-order valence-corrected chi connectivity index (χ2v) is 9.82. The van der Waals surface area contributed by atoms with Crippen LogP contribution in [0.5, 0.6) is 5.75 Å². The van der Waals surface area contributed by atoms with Crippen molar-refractivity contribution < 1.29 is 35.9 Å². The molecule has 0 saturated carbocycles. The van der Waals surface area contributed by atoms with E-state index in [0.717, 1.165) is 30.3 Å². The summed E-state index contributed by atoms with van der Waals surface area (Å²) in [5, 5.41) is 2.96. The normalized spacial score (nSPS) is 13.4. The fraction of sp³-hybridized carbons (Fsp3) is 0.200. The summed E-state index contributed by atoms with van der Waals surface area (Å²) in [5.74, 6) is -5.80. The third-order valence-electron chi connectivity index (χ3n) is 6.49. The van der Waals surface area contributed by atoms with Crippen molar-refractivity contribution in [3.05, 3.63) is 129 Å². The van der Waals surface area contributed by atoms with E-state index in [9.17, 15) is 31.1 Å². The molecule has 214 valence electrons. The summed E-state index contributed by atoms with van der Waals surface area (Å²) in [7, 11) is 1.26. The average Bonchev–Trinajstić information content (AvgIpc) is 2.92. The lowest BCUT2D eigenvalue weighted by Gasteiger charge is -2.37. The minimum absolute atomic E-state index is 0.00846. The molecule has 0 saturated heterocycles. The number of rotatable bonds is 8. The monoisotopic (exact) mass is 592 g/mol. The molecule has 0 aliphatic heterocycles. The quantitative estimate of drug-likeness (QED) is 0.211. The number of amides is 1. The number of nitrogens with zero attached hydrogens (tertiary/aromatic N) is 1. The first-order chi connectivity index (χ1) is 19.2. The number of benzene rings is 3. The van der Waals surface area contributed by atoms with Gasteiger partial charge in [-0.25, -0.2) is 13.2 Å². The molecule has 4 rings (SSSR count). The molecule has 11 heteroatoms. The van der Waals surface area contributed by atoms with Gasteiger partial charge in [0.2, 0.25) is 0 Å². The van der Waals surface area contributed by atoms with E-state index in [2.05, 4.69) is 10.3 Å². The van der Waals surface area contributed by atoms with E-state index in [1.165, 1.54) is 25.4 Å². The van der Waals surface area contributed by atoms with Crippen LogP contribution in [0.25, 0.3) is 0 Å². The van der Waals surface area contributed by atoms with Gasteiger partial charge in [-0.2, -0.15) is 13.2 Å². The van der Waals surface area contributed by atoms with Gasteiger partial charge in [-0.05, 0) is 54.1 Å². The van der Waals surface area contributed by atoms with Crippen LogP contribution in [0, 0.1) is 5.82 Å². The molecule has 1 amide bonds. The zero-order valence-corrected chi connectivity index (χ0v) is 22.5. The number of nitrogens with one attached hydrogen (secondary N) is 1. The summed E-state index contributed by atoms with van der Waals surface area (Å²) in [6.07, 6.45) is -3.63. The highest BCUT2D eigenvalue weighted by Gasteiger charge is 2.43. The highest BCUT2D eigenvalue weighted by atomic mass is 35.5. The number of hydrogen-bond acceptors (Lipinski definition) is 3. The fourth-order valence-electron chi connectivity index (χ4n) is 4.52. The van der Waals surface area contributed by atoms with Gasteiger partial charge in [-0.1, -0.05) is 41.9 Å². The van der Waals surface area contributed by atoms with Gasteiger partial charge in [0.25, 0.3) is 11.8 Å². The molecular weight excluding hydrogens is 570 g/mol. The van der Waals surface area contributed by atoms with Crippen LogP contribution in [0.3, 0.4) is 0 Å². The Labute approximate surface area is 236 Å². The lowest BCUT2D eigenvalue weighted by atomic mass is 9.79. The molecule has 1 atom stereocenters. The van der Waals surface area contributed by atoms with E-state index in [1.807, 2.05) is 0 Å². The number of halogens is 7. The smallest absolute Gasteiger partial charge is 0.416 e. The second kappa shape index (κ2) is 11.4. The SMILES string of the molecule is COc1ccc(C(F)(F)F)cc1[C@](Cc1ccccc1)(NC(=O)c1ccc(F)c(C(C)(F)F)c1)c1ccc(Cl)cn1. The topological polar surface area (TPSA) is 51.2 Å². The molecule has 0 aliphatic carbocycles. The number of ether oxygens (including phenoxy) is 1. The molecule has 1 heterocycles. The largest absolute Gasteiger partial charge is 0.496 e. The number of pyridine rings is 1. The van der Waals surface area contributed by atoms with Gasteiger partial charge < -0.3 is 10.1 Å². The Kier molecular flexibility index (Phi) is 8.35. The summed E-state index contributed by atoms with van der Waals surface area (Å²) >= 11 is 6.06. The van der Waals surface area contributed by atoms with Gasteiger partial charge in [0.1, 0.15) is 17.1 Å². The van der Waals surface area contributed by atoms with Crippen molar-refractivity contribution in [2.45, 2.75) is 31.0 Å². The zero-order valence-electron chi connectivity index (χ0n) is 21.7. The number of aromatic nitrogens is 1. The molecule has 1 N–H and O–H groups in total. The molecule has 3 aromatic carbocycles. The average molecular weight is 593 g/mol. The van der Waals surface area contributed by atoms with Gasteiger partial charge >= 0.3 is 6.18 Å². The molecule has 1 aromatic heterocycles. The van der Waals surface area contributed by atoms with E-state index >= 15 is 0 Å². The van der Waals surface area contributed by atoms with Crippen molar-refractivity contribution in [2.75, 3.05) is 7.11 Å². The zero-order chi connectivity index (χ0) is 30.0. The number of methoxy groups -OCH3 is 1. The Morgan fingerprint density at radius 1 is 0.927 bits per heavy atom. The predicted molar refractivity (Wildman–Crippen MR) is 142 cm³/mol. The molecule has 0 bridgehead atoms. The first kappa shape index (κ1) is 29.9. The van der Waals surface area contributed by atoms with Gasteiger partial charge in [0.15, 0.2) is 0 Å². The van der Waals surface area contributed by atoms with Gasteiger partial charge in [-0.3, -0.25) is 9.78 Å². The second-order valence-electron chi connectivity index (χ2n) is 9.38. The van der Waals surface area contributed by atoms with Crippen molar-refractivity contribution in [2.24, 2.45) is 0 Å². The maximum Gasteiger partial charge on any atom is 0.416 e. The molecular formula is C30H23ClF6N2O2. The Bertz CT molecular complexity index is 1540. The number of carbonyl (C=O) groups excluding carboxylic acids is 1. The van der Waals surface area contributed by atoms with E-state index in [-0.39, 0.29) is 34.0 Å². The number of alkyl halides is 5. The maximum atomic E-state index is 14.2. The fourth-order valence-corrected chi connectivity index (χ4v) is 4.63. The Hall–Kier alpha value is -4.05. The number of carbonyl (C=O) groups is 1. The highest BCUT2D eigenvalue weighted by molar-refractivity contribution is 6.30. The van der Waals surface area contributed by atoms with Crippen molar-refractivity contribution >= 4 is 17.5 Å². The molecule has 0 spiro atoms. The predicted octanol–water partition coefficient (Wildman–Crippen LogP) is 7.93. The van der Waals surface area contributed by atoms with Crippen molar-refractivity contribution in [3.63, 3.8) is 0 Å². The van der Waals surface area contributed by atoms with Crippen molar-refractivity contribution in [1.82, 2.24) is 10.3 Å². The van der Waals surface area contributed by atoms with Crippen LogP contribution in [0.4, 0.5) is 26.3 Å². The first-order valence-corrected chi connectivity index (χ1v) is 12.5. The number of hydrogen-bond donors (Lipinski definition) is 1. The van der Waals surface area contributed by atoms with Crippen LogP contribution in [0.1, 0.15) is 45.2 Å². The van der Waals surface area contributed by atoms with Crippen molar-refractivity contribution in [3.8, 4) is 5.75 Å². The van der Waals surface area contributed by atoms with Gasteiger partial charge in [-0.15, -0.1) is 0 Å². The lowest BCUT2D eigenvalue weighted by Crippen LogP contribution is -2.49. The molecule has 41 heavy (non-hydrogen) atoms. The summed E-state index contributed by atoms with van der Waals surface area (Å²) in [4.78, 5) is 18.1. The van der Waals surface area contributed by atoms with Crippen LogP contribution in [0.15, 0.2) is 85.1 Å². The van der Waals surface area contributed by atoms with E-state index in [0.29, 0.717) is 18.6 Å². The standard InChI is InChI=1S/C30H23ClF6N2O2/c1-28(33,34)22-14-19(8-11-24(22)32)27(40)39-29(16-18-6-4-3-5-7-18,26-13-10-21(31)17-38-26)23-15-20(30(35,36)37)9-12-25(23)41-2/h3-15,17H,16H2,1-2H3,(H,39,40)/t29-/m0/s1. The van der Waals surface area contributed by atoms with Crippen LogP contribution < -0.4 is 10.1 Å². The Morgan fingerprint density at radius 2 is 1.63 bits per heavy atom. The lowest BCUT2D eigenvalue weighted by molar-refractivity contribution is -0.137. The third kappa shape index (κ3) is 6.48. The van der Waals surface area contributed by atoms with E-state index < -0.39 is 40.5 Å². The Morgan fingerprint density at radius 3 is 2.22 bits per heavy atom. The molecule has 0 aliphatic rings. The summed E-state index contributed by atoms with van der Waals surface area (Å²) in [6, 6.07) is 16.7. The van der Waals surface area contributed by atoms with E-state index in [4.69, 9.17) is 16.3 Å². The molecule has 0 fully saturated rings. The summed E-state index contributed by atoms with van der Waals surface area (Å²) in [6.45, 7) is 0.484. The molecule has 4 aromatic rings. The third-order valence-corrected chi connectivity index (χ3v) is 6.72. The summed E-state index contributed by atoms with van der Waals surface area (Å²) in [5.41, 5.74) is -3.67. The van der Waals surface area contributed by atoms with Gasteiger partial charge in [0, 0.05) is 30.7 Å². The van der Waals surface area contributed by atoms with Crippen LogP contribution in [0.2, 0.25) is 5.02 Å². The minimum Gasteiger partial charge on any atom is -0.496 e. The molecule has 4 nitrogen and oxygen atoms in total.